The average Bonchev–Trinajstić information content (AvgIpc) is 3.04. The Hall–Kier alpha value is -1.79. The highest BCUT2D eigenvalue weighted by Crippen LogP contribution is 2.30. The van der Waals surface area contributed by atoms with Crippen molar-refractivity contribution in [1.82, 2.24) is 25.3 Å². The summed E-state index contributed by atoms with van der Waals surface area (Å²) in [7, 11) is 0. The first kappa shape index (κ1) is 10.2. The Morgan fingerprint density at radius 1 is 1.39 bits per heavy atom. The number of fused-ring (bicyclic) bond motifs is 2. The highest BCUT2D eigenvalue weighted by atomic mass is 32.1. The van der Waals surface area contributed by atoms with Gasteiger partial charge in [0.15, 0.2) is 0 Å². The first-order chi connectivity index (χ1) is 8.90. The van der Waals surface area contributed by atoms with E-state index in [0.29, 0.717) is 0 Å². The van der Waals surface area contributed by atoms with Gasteiger partial charge in [-0.3, -0.25) is 4.98 Å². The molecule has 1 unspecified atom stereocenters. The number of H-pyrrole nitrogens is 1. The van der Waals surface area contributed by atoms with E-state index >= 15 is 0 Å². The summed E-state index contributed by atoms with van der Waals surface area (Å²) < 4.78 is 1.19. The third-order valence-electron chi connectivity index (χ3n) is 3.23. The van der Waals surface area contributed by atoms with Gasteiger partial charge in [-0.05, 0) is 6.07 Å². The molecule has 0 radical (unpaired) electrons. The van der Waals surface area contributed by atoms with E-state index in [1.165, 1.54) is 10.4 Å². The minimum absolute atomic E-state index is 0.262. The minimum atomic E-state index is 0.262. The van der Waals surface area contributed by atoms with Gasteiger partial charge in [0.05, 0.1) is 40.2 Å². The molecule has 3 aromatic heterocycles. The molecule has 0 fully saturated rings. The van der Waals surface area contributed by atoms with E-state index < -0.39 is 0 Å². The van der Waals surface area contributed by atoms with Crippen molar-refractivity contribution in [2.75, 3.05) is 0 Å². The monoisotopic (exact) mass is 257 g/mol. The van der Waals surface area contributed by atoms with Gasteiger partial charge in [0, 0.05) is 19.2 Å². The molecule has 1 atom stereocenters. The van der Waals surface area contributed by atoms with Crippen molar-refractivity contribution in [3.05, 3.63) is 41.2 Å². The first-order valence-electron chi connectivity index (χ1n) is 5.85. The summed E-state index contributed by atoms with van der Waals surface area (Å²) in [5.74, 6) is 0. The van der Waals surface area contributed by atoms with Crippen molar-refractivity contribution in [3.63, 3.8) is 0 Å². The SMILES string of the molecule is c1cc2sc(C3Cc4nc[nH]c4CN3)nc2cn1. The average molecular weight is 257 g/mol. The van der Waals surface area contributed by atoms with Crippen LogP contribution in [0.1, 0.15) is 22.4 Å². The van der Waals surface area contributed by atoms with E-state index in [1.54, 1.807) is 17.7 Å². The van der Waals surface area contributed by atoms with Crippen LogP contribution in [0.15, 0.2) is 24.8 Å². The number of pyridine rings is 1. The molecule has 0 bridgehead atoms. The molecule has 0 aliphatic carbocycles. The maximum Gasteiger partial charge on any atom is 0.111 e. The molecule has 90 valence electrons. The van der Waals surface area contributed by atoms with Gasteiger partial charge in [-0.1, -0.05) is 0 Å². The van der Waals surface area contributed by atoms with Crippen molar-refractivity contribution in [1.29, 1.82) is 0 Å². The normalized spacial score (nSPS) is 19.0. The molecule has 3 aromatic rings. The summed E-state index contributed by atoms with van der Waals surface area (Å²) in [6.07, 6.45) is 6.28. The van der Waals surface area contributed by atoms with E-state index in [2.05, 4.69) is 25.3 Å². The van der Waals surface area contributed by atoms with Gasteiger partial charge in [0.25, 0.3) is 0 Å². The van der Waals surface area contributed by atoms with Crippen LogP contribution in [0.25, 0.3) is 10.2 Å². The van der Waals surface area contributed by atoms with E-state index in [0.717, 1.165) is 29.2 Å². The third kappa shape index (κ3) is 1.53. The molecule has 5 nitrogen and oxygen atoms in total. The molecule has 0 saturated heterocycles. The second kappa shape index (κ2) is 3.86. The molecule has 0 spiro atoms. The fraction of sp³-hybridized carbons (Fsp3) is 0.250. The fourth-order valence-corrected chi connectivity index (χ4v) is 3.30. The number of hydrogen-bond acceptors (Lipinski definition) is 5. The summed E-state index contributed by atoms with van der Waals surface area (Å²) in [5, 5.41) is 4.61. The molecule has 0 aromatic carbocycles. The molecule has 4 rings (SSSR count). The number of imidazole rings is 1. The highest BCUT2D eigenvalue weighted by molar-refractivity contribution is 7.18. The van der Waals surface area contributed by atoms with Crippen molar-refractivity contribution in [2.45, 2.75) is 19.0 Å². The van der Waals surface area contributed by atoms with Crippen LogP contribution in [-0.2, 0) is 13.0 Å². The largest absolute Gasteiger partial charge is 0.347 e. The van der Waals surface area contributed by atoms with Gasteiger partial charge in [-0.25, -0.2) is 9.97 Å². The van der Waals surface area contributed by atoms with Crippen LogP contribution in [0.4, 0.5) is 0 Å². The van der Waals surface area contributed by atoms with E-state index in [1.807, 2.05) is 18.5 Å². The van der Waals surface area contributed by atoms with Crippen molar-refractivity contribution in [3.8, 4) is 0 Å². The van der Waals surface area contributed by atoms with Crippen LogP contribution in [-0.4, -0.2) is 19.9 Å². The molecular formula is C12H11N5S. The van der Waals surface area contributed by atoms with Gasteiger partial charge in [-0.2, -0.15) is 0 Å². The van der Waals surface area contributed by atoms with Crippen LogP contribution >= 0.6 is 11.3 Å². The van der Waals surface area contributed by atoms with Gasteiger partial charge >= 0.3 is 0 Å². The third-order valence-corrected chi connectivity index (χ3v) is 4.38. The van der Waals surface area contributed by atoms with E-state index in [4.69, 9.17) is 0 Å². The first-order valence-corrected chi connectivity index (χ1v) is 6.67. The van der Waals surface area contributed by atoms with Gasteiger partial charge in [0.1, 0.15) is 5.01 Å². The number of aromatic nitrogens is 4. The summed E-state index contributed by atoms with van der Waals surface area (Å²) in [6.45, 7) is 0.828. The number of nitrogens with zero attached hydrogens (tertiary/aromatic N) is 3. The number of nitrogens with one attached hydrogen (secondary N) is 2. The van der Waals surface area contributed by atoms with E-state index in [9.17, 15) is 0 Å². The van der Waals surface area contributed by atoms with Crippen molar-refractivity contribution >= 4 is 21.6 Å². The molecule has 1 aliphatic rings. The summed E-state index contributed by atoms with van der Waals surface area (Å²) in [4.78, 5) is 16.3. The summed E-state index contributed by atoms with van der Waals surface area (Å²) >= 11 is 1.73. The van der Waals surface area contributed by atoms with E-state index in [-0.39, 0.29) is 6.04 Å². The van der Waals surface area contributed by atoms with Crippen LogP contribution in [0.2, 0.25) is 0 Å². The smallest absolute Gasteiger partial charge is 0.111 e. The lowest BCUT2D eigenvalue weighted by molar-refractivity contribution is 0.488. The number of aromatic amines is 1. The Bertz CT molecular complexity index is 668. The lowest BCUT2D eigenvalue weighted by Gasteiger charge is -2.20. The Morgan fingerprint density at radius 2 is 2.39 bits per heavy atom. The number of hydrogen-bond donors (Lipinski definition) is 2. The Balaban J connectivity index is 1.72. The minimum Gasteiger partial charge on any atom is -0.347 e. The molecule has 4 heterocycles. The number of rotatable bonds is 1. The Morgan fingerprint density at radius 3 is 3.33 bits per heavy atom. The van der Waals surface area contributed by atoms with Gasteiger partial charge < -0.3 is 10.3 Å². The predicted molar refractivity (Wildman–Crippen MR) is 69.3 cm³/mol. The van der Waals surface area contributed by atoms with Crippen LogP contribution in [0, 0.1) is 0 Å². The highest BCUT2D eigenvalue weighted by Gasteiger charge is 2.23. The van der Waals surface area contributed by atoms with Crippen LogP contribution in [0.5, 0.6) is 0 Å². The lowest BCUT2D eigenvalue weighted by atomic mass is 10.1. The molecule has 0 saturated carbocycles. The predicted octanol–water partition coefficient (Wildman–Crippen LogP) is 1.80. The molecular weight excluding hydrogens is 246 g/mol. The van der Waals surface area contributed by atoms with Crippen molar-refractivity contribution in [2.24, 2.45) is 0 Å². The fourth-order valence-electron chi connectivity index (χ4n) is 2.29. The Labute approximate surface area is 107 Å². The molecule has 1 aliphatic heterocycles. The zero-order valence-electron chi connectivity index (χ0n) is 9.55. The standard InChI is InChI=1S/C12H11N5S/c1-2-13-4-10-11(1)18-12(17-10)8-3-7-9(5-14-8)16-6-15-7/h1-2,4,6,8,14H,3,5H2,(H,15,16). The lowest BCUT2D eigenvalue weighted by Crippen LogP contribution is -2.28. The second-order valence-electron chi connectivity index (χ2n) is 4.36. The Kier molecular flexibility index (Phi) is 2.18. The second-order valence-corrected chi connectivity index (χ2v) is 5.42. The zero-order valence-corrected chi connectivity index (χ0v) is 10.4. The van der Waals surface area contributed by atoms with Crippen LogP contribution in [0.3, 0.4) is 0 Å². The van der Waals surface area contributed by atoms with Gasteiger partial charge in [0.2, 0.25) is 0 Å². The summed E-state index contributed by atoms with van der Waals surface area (Å²) in [5.41, 5.74) is 3.32. The molecule has 2 N–H and O–H groups in total. The maximum absolute atomic E-state index is 4.65. The topological polar surface area (TPSA) is 66.5 Å². The van der Waals surface area contributed by atoms with Crippen LogP contribution < -0.4 is 5.32 Å². The zero-order chi connectivity index (χ0) is 11.9. The number of thiazole rings is 1. The maximum atomic E-state index is 4.65. The molecule has 6 heteroatoms. The van der Waals surface area contributed by atoms with Gasteiger partial charge in [-0.15, -0.1) is 11.3 Å². The quantitative estimate of drug-likeness (QED) is 0.697. The molecule has 18 heavy (non-hydrogen) atoms. The molecule has 0 amide bonds. The van der Waals surface area contributed by atoms with Crippen molar-refractivity contribution < 1.29 is 0 Å². The summed E-state index contributed by atoms with van der Waals surface area (Å²) in [6, 6.07) is 2.28.